The second kappa shape index (κ2) is 5.83. The third kappa shape index (κ3) is 2.40. The van der Waals surface area contributed by atoms with E-state index in [1.807, 2.05) is 26.0 Å². The fourth-order valence-corrected chi connectivity index (χ4v) is 3.97. The van der Waals surface area contributed by atoms with Crippen molar-refractivity contribution in [1.29, 1.82) is 0 Å². The Hall–Kier alpha value is -1.97. The summed E-state index contributed by atoms with van der Waals surface area (Å²) in [6.07, 6.45) is 0.854. The molecule has 0 radical (unpaired) electrons. The van der Waals surface area contributed by atoms with Gasteiger partial charge in [0.1, 0.15) is 0 Å². The van der Waals surface area contributed by atoms with Gasteiger partial charge in [0.2, 0.25) is 0 Å². The third-order valence-corrected chi connectivity index (χ3v) is 5.45. The molecule has 2 aliphatic rings. The SMILES string of the molecule is CC(C)(C(=O)c1cccc2c1Cc1ccccc1-2)N1CCOCC1. The van der Waals surface area contributed by atoms with Gasteiger partial charge in [0.05, 0.1) is 18.8 Å². The lowest BCUT2D eigenvalue weighted by atomic mass is 9.87. The minimum atomic E-state index is -0.506. The highest BCUT2D eigenvalue weighted by atomic mass is 16.5. The molecular weight excluding hydrogens is 298 g/mol. The maximum atomic E-state index is 13.4. The van der Waals surface area contributed by atoms with Gasteiger partial charge in [-0.3, -0.25) is 9.69 Å². The smallest absolute Gasteiger partial charge is 0.182 e. The van der Waals surface area contributed by atoms with E-state index in [9.17, 15) is 4.79 Å². The number of hydrogen-bond acceptors (Lipinski definition) is 3. The molecule has 24 heavy (non-hydrogen) atoms. The minimum Gasteiger partial charge on any atom is -0.379 e. The molecule has 2 aromatic rings. The summed E-state index contributed by atoms with van der Waals surface area (Å²) in [4.78, 5) is 15.6. The standard InChI is InChI=1S/C21H23NO2/c1-21(2,22-10-12-24-13-11-22)20(23)18-9-5-8-17-16-7-4-3-6-15(16)14-19(17)18/h3-9H,10-14H2,1-2H3. The molecule has 0 saturated carbocycles. The van der Waals surface area contributed by atoms with Crippen LogP contribution in [0, 0.1) is 0 Å². The van der Waals surface area contributed by atoms with Crippen LogP contribution in [0.2, 0.25) is 0 Å². The van der Waals surface area contributed by atoms with E-state index in [2.05, 4.69) is 35.2 Å². The first kappa shape index (κ1) is 15.6. The molecule has 0 amide bonds. The molecule has 0 bridgehead atoms. The van der Waals surface area contributed by atoms with E-state index in [1.165, 1.54) is 22.3 Å². The van der Waals surface area contributed by atoms with E-state index >= 15 is 0 Å². The van der Waals surface area contributed by atoms with Crippen LogP contribution in [0.5, 0.6) is 0 Å². The molecule has 0 spiro atoms. The van der Waals surface area contributed by atoms with Gasteiger partial charge in [0.15, 0.2) is 5.78 Å². The average Bonchev–Trinajstić information content (AvgIpc) is 3.00. The zero-order chi connectivity index (χ0) is 16.7. The predicted molar refractivity (Wildman–Crippen MR) is 95.5 cm³/mol. The molecule has 1 aliphatic carbocycles. The Bertz CT molecular complexity index is 788. The Morgan fingerprint density at radius 2 is 1.71 bits per heavy atom. The highest BCUT2D eigenvalue weighted by molar-refractivity contribution is 6.05. The van der Waals surface area contributed by atoms with Crippen LogP contribution in [0.3, 0.4) is 0 Å². The van der Waals surface area contributed by atoms with E-state index < -0.39 is 5.54 Å². The van der Waals surface area contributed by atoms with Gasteiger partial charge in [-0.25, -0.2) is 0 Å². The minimum absolute atomic E-state index is 0.217. The molecule has 3 heteroatoms. The molecule has 124 valence electrons. The molecular formula is C21H23NO2. The van der Waals surface area contributed by atoms with Gasteiger partial charge in [-0.15, -0.1) is 0 Å². The van der Waals surface area contributed by atoms with Crippen molar-refractivity contribution in [2.24, 2.45) is 0 Å². The van der Waals surface area contributed by atoms with Crippen LogP contribution in [0.4, 0.5) is 0 Å². The molecule has 1 heterocycles. The summed E-state index contributed by atoms with van der Waals surface area (Å²) in [6.45, 7) is 7.12. The largest absolute Gasteiger partial charge is 0.379 e. The fourth-order valence-electron chi connectivity index (χ4n) is 3.97. The predicted octanol–water partition coefficient (Wildman–Crippen LogP) is 3.55. The Labute approximate surface area is 143 Å². The molecule has 3 nitrogen and oxygen atoms in total. The lowest BCUT2D eigenvalue weighted by Gasteiger charge is -2.39. The number of rotatable bonds is 3. The van der Waals surface area contributed by atoms with Crippen LogP contribution in [0.1, 0.15) is 35.3 Å². The number of nitrogens with zero attached hydrogens (tertiary/aromatic N) is 1. The molecule has 0 N–H and O–H groups in total. The summed E-state index contributed by atoms with van der Waals surface area (Å²) in [5.74, 6) is 0.217. The maximum Gasteiger partial charge on any atom is 0.182 e. The van der Waals surface area contributed by atoms with Crippen LogP contribution >= 0.6 is 0 Å². The van der Waals surface area contributed by atoms with Crippen LogP contribution in [0.25, 0.3) is 11.1 Å². The first-order valence-electron chi connectivity index (χ1n) is 8.67. The quantitative estimate of drug-likeness (QED) is 0.691. The lowest BCUT2D eigenvalue weighted by Crippen LogP contribution is -2.54. The van der Waals surface area contributed by atoms with Gasteiger partial charge >= 0.3 is 0 Å². The van der Waals surface area contributed by atoms with Gasteiger partial charge in [-0.1, -0.05) is 42.5 Å². The Kier molecular flexibility index (Phi) is 3.78. The Balaban J connectivity index is 1.72. The van der Waals surface area contributed by atoms with Crippen LogP contribution in [0.15, 0.2) is 42.5 Å². The fraction of sp³-hybridized carbons (Fsp3) is 0.381. The first-order chi connectivity index (χ1) is 11.6. The van der Waals surface area contributed by atoms with Gasteiger partial charge in [0, 0.05) is 18.7 Å². The maximum absolute atomic E-state index is 13.4. The molecule has 1 saturated heterocycles. The van der Waals surface area contributed by atoms with E-state index in [1.54, 1.807) is 0 Å². The Morgan fingerprint density at radius 3 is 2.50 bits per heavy atom. The number of Topliss-reactive ketones (excluding diaryl/α,β-unsaturated/α-hetero) is 1. The molecule has 0 atom stereocenters. The van der Waals surface area contributed by atoms with Crippen molar-refractivity contribution < 1.29 is 9.53 Å². The van der Waals surface area contributed by atoms with E-state index in [-0.39, 0.29) is 5.78 Å². The average molecular weight is 321 g/mol. The molecule has 2 aromatic carbocycles. The molecule has 0 unspecified atom stereocenters. The van der Waals surface area contributed by atoms with Crippen molar-refractivity contribution in [2.75, 3.05) is 26.3 Å². The zero-order valence-corrected chi connectivity index (χ0v) is 14.3. The van der Waals surface area contributed by atoms with Gasteiger partial charge in [-0.2, -0.15) is 0 Å². The molecule has 1 fully saturated rings. The molecule has 1 aliphatic heterocycles. The second-order valence-corrected chi connectivity index (χ2v) is 7.15. The number of fused-ring (bicyclic) bond motifs is 3. The van der Waals surface area contributed by atoms with E-state index in [0.717, 1.165) is 25.1 Å². The number of morpholine rings is 1. The first-order valence-corrected chi connectivity index (χ1v) is 8.67. The summed E-state index contributed by atoms with van der Waals surface area (Å²) in [5, 5.41) is 0. The van der Waals surface area contributed by atoms with E-state index in [0.29, 0.717) is 13.2 Å². The number of benzene rings is 2. The zero-order valence-electron chi connectivity index (χ0n) is 14.3. The van der Waals surface area contributed by atoms with Crippen LogP contribution in [-0.2, 0) is 11.2 Å². The third-order valence-electron chi connectivity index (χ3n) is 5.45. The summed E-state index contributed by atoms with van der Waals surface area (Å²) in [6, 6.07) is 14.6. The normalized spacial score (nSPS) is 17.4. The van der Waals surface area contributed by atoms with Crippen molar-refractivity contribution in [2.45, 2.75) is 25.8 Å². The summed E-state index contributed by atoms with van der Waals surface area (Å²) >= 11 is 0. The Morgan fingerprint density at radius 1 is 1.00 bits per heavy atom. The van der Waals surface area contributed by atoms with Crippen molar-refractivity contribution in [3.05, 3.63) is 59.2 Å². The number of carbonyl (C=O) groups is 1. The van der Waals surface area contributed by atoms with Crippen molar-refractivity contribution in [3.63, 3.8) is 0 Å². The summed E-state index contributed by atoms with van der Waals surface area (Å²) in [7, 11) is 0. The van der Waals surface area contributed by atoms with Gasteiger partial charge < -0.3 is 4.74 Å². The van der Waals surface area contributed by atoms with E-state index in [4.69, 9.17) is 4.74 Å². The monoisotopic (exact) mass is 321 g/mol. The number of ether oxygens (including phenoxy) is 1. The number of hydrogen-bond donors (Lipinski definition) is 0. The molecule has 4 rings (SSSR count). The highest BCUT2D eigenvalue weighted by Crippen LogP contribution is 2.39. The summed E-state index contributed by atoms with van der Waals surface area (Å²) < 4.78 is 5.44. The molecule has 0 aromatic heterocycles. The van der Waals surface area contributed by atoms with Crippen LogP contribution in [-0.4, -0.2) is 42.5 Å². The number of ketones is 1. The lowest BCUT2D eigenvalue weighted by molar-refractivity contribution is -0.00432. The van der Waals surface area contributed by atoms with Crippen molar-refractivity contribution in [3.8, 4) is 11.1 Å². The topological polar surface area (TPSA) is 29.5 Å². The second-order valence-electron chi connectivity index (χ2n) is 7.15. The van der Waals surface area contributed by atoms with Crippen LogP contribution < -0.4 is 0 Å². The van der Waals surface area contributed by atoms with Gasteiger partial charge in [0.25, 0.3) is 0 Å². The summed E-state index contributed by atoms with van der Waals surface area (Å²) in [5.41, 5.74) is 5.36. The number of carbonyl (C=O) groups excluding carboxylic acids is 1. The van der Waals surface area contributed by atoms with Gasteiger partial charge in [-0.05, 0) is 42.5 Å². The highest BCUT2D eigenvalue weighted by Gasteiger charge is 2.37. The van der Waals surface area contributed by atoms with Crippen molar-refractivity contribution >= 4 is 5.78 Å². The van der Waals surface area contributed by atoms with Crippen molar-refractivity contribution in [1.82, 2.24) is 4.90 Å².